The molecule has 1 aromatic heterocycles. The summed E-state index contributed by atoms with van der Waals surface area (Å²) in [5.74, 6) is 0.997. The predicted molar refractivity (Wildman–Crippen MR) is 136 cm³/mol. The van der Waals surface area contributed by atoms with E-state index >= 15 is 0 Å². The van der Waals surface area contributed by atoms with E-state index in [1.54, 1.807) is 11.8 Å². The van der Waals surface area contributed by atoms with Crippen LogP contribution in [0.15, 0.2) is 64.5 Å². The van der Waals surface area contributed by atoms with Crippen LogP contribution in [0.2, 0.25) is 0 Å². The maximum atomic E-state index is 14.0. The van der Waals surface area contributed by atoms with Crippen molar-refractivity contribution in [3.63, 3.8) is 0 Å². The molecule has 0 N–H and O–H groups in total. The van der Waals surface area contributed by atoms with Crippen LogP contribution in [0.4, 0.5) is 0 Å². The number of fused-ring (bicyclic) bond motifs is 3. The Kier molecular flexibility index (Phi) is 7.20. The minimum atomic E-state index is -0.187. The topological polar surface area (TPSA) is 34.9 Å². The summed E-state index contributed by atoms with van der Waals surface area (Å²) >= 11 is 1.74. The van der Waals surface area contributed by atoms with Crippen molar-refractivity contribution >= 4 is 11.8 Å². The largest absolute Gasteiger partial charge is 0.287 e. The molecule has 168 valence electrons. The van der Waals surface area contributed by atoms with Gasteiger partial charge in [0.1, 0.15) is 0 Å². The smallest absolute Gasteiger partial charge is 0.258 e. The highest BCUT2D eigenvalue weighted by Gasteiger charge is 2.38. The average Bonchev–Trinajstić information content (AvgIpc) is 2.82. The predicted octanol–water partition coefficient (Wildman–Crippen LogP) is 6.66. The molecule has 0 saturated carbocycles. The highest BCUT2D eigenvalue weighted by molar-refractivity contribution is 7.99. The monoisotopic (exact) mass is 446 g/mol. The normalized spacial score (nSPS) is 17.1. The van der Waals surface area contributed by atoms with E-state index in [4.69, 9.17) is 4.98 Å². The Morgan fingerprint density at radius 3 is 2.53 bits per heavy atom. The van der Waals surface area contributed by atoms with Gasteiger partial charge in [-0.15, -0.1) is 0 Å². The number of aryl methyl sites for hydroxylation is 1. The fourth-order valence-corrected chi connectivity index (χ4v) is 5.72. The molecular formula is C28H34N2OS. The molecule has 3 nitrogen and oxygen atoms in total. The molecule has 4 rings (SSSR count). The Bertz CT molecular complexity index is 1120. The Morgan fingerprint density at radius 1 is 1.03 bits per heavy atom. The minimum absolute atomic E-state index is 0.155. The third-order valence-electron chi connectivity index (χ3n) is 6.82. The second kappa shape index (κ2) is 10.1. The Balaban J connectivity index is 1.81. The van der Waals surface area contributed by atoms with Gasteiger partial charge < -0.3 is 0 Å². The first-order valence-electron chi connectivity index (χ1n) is 12.0. The van der Waals surface area contributed by atoms with Crippen LogP contribution < -0.4 is 5.56 Å². The van der Waals surface area contributed by atoms with E-state index in [9.17, 15) is 4.79 Å². The summed E-state index contributed by atoms with van der Waals surface area (Å²) in [5, 5.41) is 0.871. The van der Waals surface area contributed by atoms with Crippen molar-refractivity contribution in [2.24, 2.45) is 0 Å². The number of aromatic nitrogens is 2. The molecule has 0 amide bonds. The van der Waals surface area contributed by atoms with Gasteiger partial charge in [0.25, 0.3) is 5.56 Å². The average molecular weight is 447 g/mol. The standard InChI is InChI=1S/C28H34N2OS/c1-4-6-12-19-32-27-29-25-23-16-11-10-15-22(23)20-28(3,5-2)24(25)26(31)30(27)18-17-21-13-8-7-9-14-21/h7-11,13-16H,4-6,12,17-20H2,1-3H3/t28-/m0/s1. The van der Waals surface area contributed by atoms with Crippen LogP contribution in [0.5, 0.6) is 0 Å². The minimum Gasteiger partial charge on any atom is -0.287 e. The number of rotatable bonds is 9. The second-order valence-corrected chi connectivity index (χ2v) is 10.2. The molecule has 4 heteroatoms. The second-order valence-electron chi connectivity index (χ2n) is 9.11. The zero-order chi connectivity index (χ0) is 22.6. The van der Waals surface area contributed by atoms with E-state index in [0.717, 1.165) is 53.4 Å². The molecular weight excluding hydrogens is 412 g/mol. The quantitative estimate of drug-likeness (QED) is 0.209. The van der Waals surface area contributed by atoms with Gasteiger partial charge in [0, 0.05) is 23.3 Å². The molecule has 1 aliphatic carbocycles. The van der Waals surface area contributed by atoms with E-state index in [0.29, 0.717) is 6.54 Å². The first kappa shape index (κ1) is 22.8. The Labute approximate surface area is 196 Å². The lowest BCUT2D eigenvalue weighted by Crippen LogP contribution is -2.40. The Hall–Kier alpha value is -2.33. The number of hydrogen-bond donors (Lipinski definition) is 0. The molecule has 1 heterocycles. The van der Waals surface area contributed by atoms with E-state index in [-0.39, 0.29) is 11.0 Å². The summed E-state index contributed by atoms with van der Waals surface area (Å²) in [6.07, 6.45) is 6.21. The summed E-state index contributed by atoms with van der Waals surface area (Å²) in [6.45, 7) is 7.32. The van der Waals surface area contributed by atoms with Crippen LogP contribution in [0.1, 0.15) is 63.1 Å². The molecule has 32 heavy (non-hydrogen) atoms. The molecule has 3 aromatic rings. The summed E-state index contributed by atoms with van der Waals surface area (Å²) in [7, 11) is 0. The highest BCUT2D eigenvalue weighted by atomic mass is 32.2. The summed E-state index contributed by atoms with van der Waals surface area (Å²) in [4.78, 5) is 19.2. The molecule has 0 saturated heterocycles. The lowest BCUT2D eigenvalue weighted by molar-refractivity contribution is 0.427. The van der Waals surface area contributed by atoms with Gasteiger partial charge in [-0.3, -0.25) is 9.36 Å². The number of nitrogens with zero attached hydrogens (tertiary/aromatic N) is 2. The van der Waals surface area contributed by atoms with Crippen LogP contribution in [-0.2, 0) is 24.8 Å². The van der Waals surface area contributed by atoms with Gasteiger partial charge in [0.2, 0.25) is 0 Å². The lowest BCUT2D eigenvalue weighted by atomic mass is 9.69. The van der Waals surface area contributed by atoms with Gasteiger partial charge in [-0.05, 0) is 36.8 Å². The Morgan fingerprint density at radius 2 is 1.78 bits per heavy atom. The zero-order valence-corrected chi connectivity index (χ0v) is 20.4. The molecule has 0 fully saturated rings. The fraction of sp³-hybridized carbons (Fsp3) is 0.429. The van der Waals surface area contributed by atoms with Crippen molar-refractivity contribution in [2.75, 3.05) is 5.75 Å². The number of benzene rings is 2. The number of thioether (sulfide) groups is 1. The number of hydrogen-bond acceptors (Lipinski definition) is 3. The van der Waals surface area contributed by atoms with Crippen molar-refractivity contribution in [1.29, 1.82) is 0 Å². The van der Waals surface area contributed by atoms with Gasteiger partial charge in [-0.1, -0.05) is 100.0 Å². The van der Waals surface area contributed by atoms with Gasteiger partial charge in [-0.2, -0.15) is 0 Å². The van der Waals surface area contributed by atoms with Crippen molar-refractivity contribution < 1.29 is 0 Å². The summed E-state index contributed by atoms with van der Waals surface area (Å²) in [5.41, 5.74) is 5.48. The lowest BCUT2D eigenvalue weighted by Gasteiger charge is -2.36. The van der Waals surface area contributed by atoms with E-state index in [1.165, 1.54) is 24.0 Å². The maximum absolute atomic E-state index is 14.0. The zero-order valence-electron chi connectivity index (χ0n) is 19.6. The molecule has 0 aliphatic heterocycles. The third kappa shape index (κ3) is 4.56. The first-order valence-corrected chi connectivity index (χ1v) is 13.0. The molecule has 0 radical (unpaired) electrons. The van der Waals surface area contributed by atoms with E-state index < -0.39 is 0 Å². The highest BCUT2D eigenvalue weighted by Crippen LogP contribution is 2.43. The van der Waals surface area contributed by atoms with Crippen molar-refractivity contribution in [3.8, 4) is 11.3 Å². The van der Waals surface area contributed by atoms with Gasteiger partial charge in [-0.25, -0.2) is 4.98 Å². The third-order valence-corrected chi connectivity index (χ3v) is 7.88. The molecule has 0 bridgehead atoms. The number of unbranched alkanes of at least 4 members (excludes halogenated alkanes) is 2. The first-order chi connectivity index (χ1) is 15.6. The molecule has 2 aromatic carbocycles. The van der Waals surface area contributed by atoms with Crippen LogP contribution in [-0.4, -0.2) is 15.3 Å². The van der Waals surface area contributed by atoms with Gasteiger partial charge in [0.05, 0.1) is 11.3 Å². The van der Waals surface area contributed by atoms with Crippen molar-refractivity contribution in [3.05, 3.63) is 81.6 Å². The van der Waals surface area contributed by atoms with E-state index in [2.05, 4.69) is 69.3 Å². The van der Waals surface area contributed by atoms with Gasteiger partial charge in [0.15, 0.2) is 5.16 Å². The molecule has 0 spiro atoms. The fourth-order valence-electron chi connectivity index (χ4n) is 4.70. The van der Waals surface area contributed by atoms with Crippen LogP contribution >= 0.6 is 11.8 Å². The van der Waals surface area contributed by atoms with E-state index in [1.807, 2.05) is 10.6 Å². The summed E-state index contributed by atoms with van der Waals surface area (Å²) in [6, 6.07) is 18.9. The van der Waals surface area contributed by atoms with Crippen molar-refractivity contribution in [2.45, 2.75) is 76.4 Å². The van der Waals surface area contributed by atoms with Crippen LogP contribution in [0.3, 0.4) is 0 Å². The SMILES string of the molecule is CCCCCSc1nc2c(c(=O)n1CCc1ccccc1)[C@@](C)(CC)Cc1ccccc1-2. The molecule has 1 atom stereocenters. The van der Waals surface area contributed by atoms with Crippen LogP contribution in [0.25, 0.3) is 11.3 Å². The molecule has 0 unspecified atom stereocenters. The van der Waals surface area contributed by atoms with Gasteiger partial charge >= 0.3 is 0 Å². The van der Waals surface area contributed by atoms with Crippen molar-refractivity contribution in [1.82, 2.24) is 9.55 Å². The van der Waals surface area contributed by atoms with Crippen LogP contribution in [0, 0.1) is 0 Å². The summed E-state index contributed by atoms with van der Waals surface area (Å²) < 4.78 is 1.96. The maximum Gasteiger partial charge on any atom is 0.258 e. The molecule has 1 aliphatic rings.